The van der Waals surface area contributed by atoms with Gasteiger partial charge in [-0.05, 0) is 0 Å². The number of hydrogen-bond acceptors (Lipinski definition) is 5. The third-order valence-electron chi connectivity index (χ3n) is 3.41. The molecule has 0 aromatic heterocycles. The zero-order valence-electron chi connectivity index (χ0n) is 11.3. The van der Waals surface area contributed by atoms with Gasteiger partial charge in [-0.15, -0.1) is 0 Å². The first-order valence-corrected chi connectivity index (χ1v) is 6.09. The summed E-state index contributed by atoms with van der Waals surface area (Å²) >= 11 is 0. The standard InChI is InChI=1S/C12H19NO6/c1-7(8(2)11(15)16)10(14)13-4-5-19-6-9(13)12(17)18-3/h7-9H,4-6H2,1-3H3,(H,15,16). The Bertz CT molecular complexity index is 369. The van der Waals surface area contributed by atoms with Gasteiger partial charge < -0.3 is 19.5 Å². The second kappa shape index (κ2) is 6.51. The fourth-order valence-corrected chi connectivity index (χ4v) is 1.89. The van der Waals surface area contributed by atoms with E-state index in [4.69, 9.17) is 9.84 Å². The lowest BCUT2D eigenvalue weighted by atomic mass is 9.94. The van der Waals surface area contributed by atoms with Gasteiger partial charge in [0.2, 0.25) is 5.91 Å². The van der Waals surface area contributed by atoms with Gasteiger partial charge in [0.1, 0.15) is 0 Å². The predicted octanol–water partition coefficient (Wildman–Crippen LogP) is -0.256. The maximum Gasteiger partial charge on any atom is 0.331 e. The van der Waals surface area contributed by atoms with Crippen molar-refractivity contribution in [2.45, 2.75) is 19.9 Å². The van der Waals surface area contributed by atoms with Crippen LogP contribution in [0.4, 0.5) is 0 Å². The first-order valence-electron chi connectivity index (χ1n) is 6.09. The molecule has 0 aromatic carbocycles. The van der Waals surface area contributed by atoms with E-state index in [9.17, 15) is 14.4 Å². The van der Waals surface area contributed by atoms with Gasteiger partial charge >= 0.3 is 11.9 Å². The fourth-order valence-electron chi connectivity index (χ4n) is 1.89. The lowest BCUT2D eigenvalue weighted by Gasteiger charge is -2.35. The van der Waals surface area contributed by atoms with E-state index in [2.05, 4.69) is 4.74 Å². The number of rotatable bonds is 4. The lowest BCUT2D eigenvalue weighted by molar-refractivity contribution is -0.164. The van der Waals surface area contributed by atoms with Crippen LogP contribution in [-0.4, -0.2) is 60.8 Å². The van der Waals surface area contributed by atoms with E-state index < -0.39 is 29.8 Å². The molecule has 19 heavy (non-hydrogen) atoms. The zero-order chi connectivity index (χ0) is 14.6. The second-order valence-electron chi connectivity index (χ2n) is 4.56. The summed E-state index contributed by atoms with van der Waals surface area (Å²) in [6.45, 7) is 3.68. The molecule has 0 aliphatic carbocycles. The number of nitrogens with zero attached hydrogens (tertiary/aromatic N) is 1. The van der Waals surface area contributed by atoms with Crippen molar-refractivity contribution in [2.24, 2.45) is 11.8 Å². The Kier molecular flexibility index (Phi) is 5.29. The predicted molar refractivity (Wildman–Crippen MR) is 64.3 cm³/mol. The summed E-state index contributed by atoms with van der Waals surface area (Å²) in [6, 6.07) is -0.797. The molecule has 1 rings (SSSR count). The van der Waals surface area contributed by atoms with Crippen LogP contribution >= 0.6 is 0 Å². The summed E-state index contributed by atoms with van der Waals surface area (Å²) < 4.78 is 9.79. The molecule has 1 aliphatic heterocycles. The minimum Gasteiger partial charge on any atom is -0.481 e. The Hall–Kier alpha value is -1.63. The number of methoxy groups -OCH3 is 1. The number of carboxylic acids is 1. The molecule has 0 radical (unpaired) electrons. The summed E-state index contributed by atoms with van der Waals surface area (Å²) in [5.41, 5.74) is 0. The molecule has 1 amide bonds. The fraction of sp³-hybridized carbons (Fsp3) is 0.750. The van der Waals surface area contributed by atoms with Gasteiger partial charge in [0, 0.05) is 12.5 Å². The smallest absolute Gasteiger partial charge is 0.331 e. The van der Waals surface area contributed by atoms with Gasteiger partial charge in [-0.3, -0.25) is 9.59 Å². The highest BCUT2D eigenvalue weighted by molar-refractivity contribution is 5.88. The molecule has 1 fully saturated rings. The molecular formula is C12H19NO6. The molecule has 108 valence electrons. The summed E-state index contributed by atoms with van der Waals surface area (Å²) in [7, 11) is 1.24. The van der Waals surface area contributed by atoms with Crippen molar-refractivity contribution >= 4 is 17.8 Å². The molecule has 7 nitrogen and oxygen atoms in total. The van der Waals surface area contributed by atoms with Crippen LogP contribution in [0.3, 0.4) is 0 Å². The zero-order valence-corrected chi connectivity index (χ0v) is 11.3. The highest BCUT2D eigenvalue weighted by atomic mass is 16.5. The normalized spacial score (nSPS) is 22.5. The first kappa shape index (κ1) is 15.4. The van der Waals surface area contributed by atoms with E-state index in [1.807, 2.05) is 0 Å². The number of hydrogen-bond donors (Lipinski definition) is 1. The molecule has 0 aromatic rings. The molecule has 0 bridgehead atoms. The maximum absolute atomic E-state index is 12.3. The number of aliphatic carboxylic acids is 1. The molecule has 3 atom stereocenters. The average molecular weight is 273 g/mol. The van der Waals surface area contributed by atoms with Crippen molar-refractivity contribution in [3.8, 4) is 0 Å². The van der Waals surface area contributed by atoms with Crippen LogP contribution < -0.4 is 0 Å². The third-order valence-corrected chi connectivity index (χ3v) is 3.41. The monoisotopic (exact) mass is 273 g/mol. The number of carbonyl (C=O) groups excluding carboxylic acids is 2. The van der Waals surface area contributed by atoms with Gasteiger partial charge in [-0.2, -0.15) is 0 Å². The molecular weight excluding hydrogens is 254 g/mol. The largest absolute Gasteiger partial charge is 0.481 e. The van der Waals surface area contributed by atoms with Crippen molar-refractivity contribution < 1.29 is 29.0 Å². The van der Waals surface area contributed by atoms with E-state index in [1.165, 1.54) is 18.9 Å². The molecule has 0 saturated carbocycles. The molecule has 0 spiro atoms. The Morgan fingerprint density at radius 3 is 2.47 bits per heavy atom. The SMILES string of the molecule is COC(=O)C1COCCN1C(=O)C(C)C(C)C(=O)O. The minimum absolute atomic E-state index is 0.0760. The number of carboxylic acid groups (broad SMARTS) is 1. The Morgan fingerprint density at radius 2 is 1.95 bits per heavy atom. The van der Waals surface area contributed by atoms with Gasteiger partial charge in [-0.25, -0.2) is 4.79 Å². The van der Waals surface area contributed by atoms with Gasteiger partial charge in [0.25, 0.3) is 0 Å². The molecule has 1 N–H and O–H groups in total. The van der Waals surface area contributed by atoms with Crippen LogP contribution in [0.5, 0.6) is 0 Å². The molecule has 1 heterocycles. The Morgan fingerprint density at radius 1 is 1.32 bits per heavy atom. The van der Waals surface area contributed by atoms with Crippen molar-refractivity contribution in [3.05, 3.63) is 0 Å². The number of ether oxygens (including phenoxy) is 2. The van der Waals surface area contributed by atoms with Crippen LogP contribution in [0, 0.1) is 11.8 Å². The lowest BCUT2D eigenvalue weighted by Crippen LogP contribution is -2.55. The Labute approximate surface area is 111 Å². The summed E-state index contributed by atoms with van der Waals surface area (Å²) in [5.74, 6) is -3.48. The second-order valence-corrected chi connectivity index (χ2v) is 4.56. The van der Waals surface area contributed by atoms with Crippen LogP contribution in [0.2, 0.25) is 0 Å². The van der Waals surface area contributed by atoms with Crippen molar-refractivity contribution in [1.82, 2.24) is 4.90 Å². The Balaban J connectivity index is 2.82. The van der Waals surface area contributed by atoms with E-state index in [0.29, 0.717) is 6.61 Å². The van der Waals surface area contributed by atoms with Crippen LogP contribution in [0.1, 0.15) is 13.8 Å². The van der Waals surface area contributed by atoms with E-state index >= 15 is 0 Å². The van der Waals surface area contributed by atoms with Crippen molar-refractivity contribution in [2.75, 3.05) is 26.9 Å². The number of morpholine rings is 1. The summed E-state index contributed by atoms with van der Waals surface area (Å²) in [5, 5.41) is 8.93. The van der Waals surface area contributed by atoms with Gasteiger partial charge in [0.15, 0.2) is 6.04 Å². The van der Waals surface area contributed by atoms with Gasteiger partial charge in [-0.1, -0.05) is 13.8 Å². The summed E-state index contributed by atoms with van der Waals surface area (Å²) in [4.78, 5) is 36.1. The van der Waals surface area contributed by atoms with E-state index in [0.717, 1.165) is 0 Å². The minimum atomic E-state index is -1.04. The highest BCUT2D eigenvalue weighted by Gasteiger charge is 2.38. The van der Waals surface area contributed by atoms with Crippen LogP contribution in [0.25, 0.3) is 0 Å². The number of carbonyl (C=O) groups is 3. The van der Waals surface area contributed by atoms with E-state index in [-0.39, 0.29) is 19.1 Å². The highest BCUT2D eigenvalue weighted by Crippen LogP contribution is 2.18. The topological polar surface area (TPSA) is 93.1 Å². The maximum atomic E-state index is 12.3. The van der Waals surface area contributed by atoms with Crippen LogP contribution in [0.15, 0.2) is 0 Å². The first-order chi connectivity index (χ1) is 8.90. The third kappa shape index (κ3) is 3.44. The van der Waals surface area contributed by atoms with Crippen molar-refractivity contribution in [3.63, 3.8) is 0 Å². The molecule has 7 heteroatoms. The van der Waals surface area contributed by atoms with Crippen molar-refractivity contribution in [1.29, 1.82) is 0 Å². The average Bonchev–Trinajstić information content (AvgIpc) is 2.43. The summed E-state index contributed by atoms with van der Waals surface area (Å²) in [6.07, 6.45) is 0. The molecule has 3 unspecified atom stereocenters. The van der Waals surface area contributed by atoms with Crippen LogP contribution in [-0.2, 0) is 23.9 Å². The quantitative estimate of drug-likeness (QED) is 0.710. The molecule has 1 saturated heterocycles. The van der Waals surface area contributed by atoms with Gasteiger partial charge in [0.05, 0.1) is 26.2 Å². The number of esters is 1. The number of amides is 1. The van der Waals surface area contributed by atoms with E-state index in [1.54, 1.807) is 6.92 Å². The molecule has 1 aliphatic rings.